The first kappa shape index (κ1) is 6.99. The largest absolute Gasteiger partial charge is 0.301 e. The second kappa shape index (κ2) is 3.15. The Labute approximate surface area is 65.7 Å². The number of nitrogens with one attached hydrogen (secondary N) is 2. The lowest BCUT2D eigenvalue weighted by atomic mass is 10.4. The molecule has 0 aromatic carbocycles. The lowest BCUT2D eigenvalue weighted by molar-refractivity contribution is 0.493. The van der Waals surface area contributed by atoms with E-state index in [0.717, 1.165) is 13.1 Å². The van der Waals surface area contributed by atoms with Gasteiger partial charge in [0.25, 0.3) is 0 Å². The number of alkyl halides is 2. The summed E-state index contributed by atoms with van der Waals surface area (Å²) < 4.78 is 0. The van der Waals surface area contributed by atoms with Crippen molar-refractivity contribution in [2.75, 3.05) is 13.1 Å². The van der Waals surface area contributed by atoms with Crippen LogP contribution >= 0.6 is 31.9 Å². The Morgan fingerprint density at radius 1 is 1.00 bits per heavy atom. The Hall–Kier alpha value is 0.880. The van der Waals surface area contributed by atoms with Crippen molar-refractivity contribution in [2.24, 2.45) is 0 Å². The highest BCUT2D eigenvalue weighted by molar-refractivity contribution is 9.10. The molecule has 0 radical (unpaired) electrons. The molecule has 0 aliphatic carbocycles. The van der Waals surface area contributed by atoms with Gasteiger partial charge in [-0.1, -0.05) is 31.9 Å². The van der Waals surface area contributed by atoms with Crippen molar-refractivity contribution >= 4 is 31.9 Å². The molecule has 1 aliphatic rings. The number of halogens is 2. The van der Waals surface area contributed by atoms with Crippen molar-refractivity contribution in [1.29, 1.82) is 0 Å². The van der Waals surface area contributed by atoms with Crippen LogP contribution < -0.4 is 10.6 Å². The van der Waals surface area contributed by atoms with E-state index in [-0.39, 0.29) is 0 Å². The van der Waals surface area contributed by atoms with Crippen LogP contribution in [0.3, 0.4) is 0 Å². The molecule has 2 nitrogen and oxygen atoms in total. The third-order valence-corrected chi connectivity index (χ3v) is 2.33. The molecule has 2 atom stereocenters. The van der Waals surface area contributed by atoms with Gasteiger partial charge in [0.1, 0.15) is 0 Å². The van der Waals surface area contributed by atoms with E-state index in [9.17, 15) is 0 Å². The van der Waals surface area contributed by atoms with Crippen molar-refractivity contribution in [3.63, 3.8) is 0 Å². The maximum Gasteiger partial charge on any atom is 0.0758 e. The Balaban J connectivity index is 2.19. The molecular formula is C4H8Br2N2. The second-order valence-electron chi connectivity index (χ2n) is 1.75. The summed E-state index contributed by atoms with van der Waals surface area (Å²) in [4.78, 5) is 0.882. The molecule has 2 unspecified atom stereocenters. The predicted molar refractivity (Wildman–Crippen MR) is 41.4 cm³/mol. The zero-order chi connectivity index (χ0) is 5.98. The summed E-state index contributed by atoms with van der Waals surface area (Å²) >= 11 is 6.84. The van der Waals surface area contributed by atoms with Crippen LogP contribution in [-0.2, 0) is 0 Å². The standard InChI is InChI=1S/C4H8Br2N2/c5-3-1-7-4(6)2-8-3/h3-4,7-8H,1-2H2. The molecule has 1 heterocycles. The highest BCUT2D eigenvalue weighted by atomic mass is 79.9. The van der Waals surface area contributed by atoms with Crippen molar-refractivity contribution in [2.45, 2.75) is 9.90 Å². The fourth-order valence-electron chi connectivity index (χ4n) is 0.607. The average Bonchev–Trinajstić information content (AvgIpc) is 1.77. The summed E-state index contributed by atoms with van der Waals surface area (Å²) in [5.74, 6) is 0. The second-order valence-corrected chi connectivity index (χ2v) is 3.96. The van der Waals surface area contributed by atoms with Gasteiger partial charge in [-0.05, 0) is 0 Å². The lowest BCUT2D eigenvalue weighted by Crippen LogP contribution is -2.49. The monoisotopic (exact) mass is 242 g/mol. The van der Waals surface area contributed by atoms with E-state index in [2.05, 4.69) is 42.5 Å². The first-order chi connectivity index (χ1) is 3.79. The van der Waals surface area contributed by atoms with Crippen LogP contribution in [0.4, 0.5) is 0 Å². The Morgan fingerprint density at radius 3 is 1.62 bits per heavy atom. The minimum atomic E-state index is 0.441. The van der Waals surface area contributed by atoms with Crippen LogP contribution in [-0.4, -0.2) is 23.0 Å². The summed E-state index contributed by atoms with van der Waals surface area (Å²) in [5.41, 5.74) is 0. The van der Waals surface area contributed by atoms with Crippen LogP contribution in [0.25, 0.3) is 0 Å². The smallest absolute Gasteiger partial charge is 0.0758 e. The van der Waals surface area contributed by atoms with Gasteiger partial charge in [-0.15, -0.1) is 0 Å². The molecule has 1 saturated heterocycles. The van der Waals surface area contributed by atoms with Crippen LogP contribution in [0.2, 0.25) is 0 Å². The quantitative estimate of drug-likeness (QED) is 0.482. The van der Waals surface area contributed by atoms with Gasteiger partial charge in [0.2, 0.25) is 0 Å². The van der Waals surface area contributed by atoms with E-state index < -0.39 is 0 Å². The molecule has 1 fully saturated rings. The molecule has 0 bridgehead atoms. The first-order valence-corrected chi connectivity index (χ1v) is 4.37. The van der Waals surface area contributed by atoms with Crippen LogP contribution in [0, 0.1) is 0 Å². The molecule has 1 rings (SSSR count). The van der Waals surface area contributed by atoms with Gasteiger partial charge in [0, 0.05) is 13.1 Å². The highest BCUT2D eigenvalue weighted by Gasteiger charge is 2.13. The first-order valence-electron chi connectivity index (χ1n) is 2.54. The number of piperazine rings is 1. The van der Waals surface area contributed by atoms with E-state index in [1.54, 1.807) is 0 Å². The molecule has 0 saturated carbocycles. The van der Waals surface area contributed by atoms with Gasteiger partial charge in [-0.3, -0.25) is 0 Å². The van der Waals surface area contributed by atoms with Gasteiger partial charge in [0.15, 0.2) is 0 Å². The van der Waals surface area contributed by atoms with Crippen molar-refractivity contribution in [3.8, 4) is 0 Å². The highest BCUT2D eigenvalue weighted by Crippen LogP contribution is 2.02. The van der Waals surface area contributed by atoms with Gasteiger partial charge < -0.3 is 10.6 Å². The average molecular weight is 244 g/mol. The third kappa shape index (κ3) is 2.01. The summed E-state index contributed by atoms with van der Waals surface area (Å²) in [6.07, 6.45) is 0. The lowest BCUT2D eigenvalue weighted by Gasteiger charge is -2.23. The molecule has 8 heavy (non-hydrogen) atoms. The van der Waals surface area contributed by atoms with E-state index >= 15 is 0 Å². The Kier molecular flexibility index (Phi) is 2.75. The zero-order valence-electron chi connectivity index (χ0n) is 4.32. The van der Waals surface area contributed by atoms with E-state index in [1.807, 2.05) is 0 Å². The topological polar surface area (TPSA) is 24.1 Å². The molecule has 48 valence electrons. The van der Waals surface area contributed by atoms with E-state index in [1.165, 1.54) is 0 Å². The van der Waals surface area contributed by atoms with Crippen molar-refractivity contribution in [1.82, 2.24) is 10.6 Å². The molecule has 0 aromatic rings. The zero-order valence-corrected chi connectivity index (χ0v) is 7.50. The van der Waals surface area contributed by atoms with Crippen LogP contribution in [0.15, 0.2) is 0 Å². The fourth-order valence-corrected chi connectivity index (χ4v) is 1.35. The minimum Gasteiger partial charge on any atom is -0.301 e. The van der Waals surface area contributed by atoms with Gasteiger partial charge in [0.05, 0.1) is 9.90 Å². The summed E-state index contributed by atoms with van der Waals surface area (Å²) in [5, 5.41) is 6.48. The molecular weight excluding hydrogens is 236 g/mol. The molecule has 0 amide bonds. The van der Waals surface area contributed by atoms with E-state index in [0.29, 0.717) is 9.90 Å². The summed E-state index contributed by atoms with van der Waals surface area (Å²) in [6, 6.07) is 0. The number of hydrogen-bond donors (Lipinski definition) is 2. The summed E-state index contributed by atoms with van der Waals surface area (Å²) in [7, 11) is 0. The molecule has 1 aliphatic heterocycles. The molecule has 0 aromatic heterocycles. The Bertz CT molecular complexity index is 60.4. The minimum absolute atomic E-state index is 0.441. The number of hydrogen-bond acceptors (Lipinski definition) is 2. The summed E-state index contributed by atoms with van der Waals surface area (Å²) in [6.45, 7) is 1.96. The normalized spacial score (nSPS) is 39.8. The fraction of sp³-hybridized carbons (Fsp3) is 1.00. The molecule has 0 spiro atoms. The molecule has 4 heteroatoms. The van der Waals surface area contributed by atoms with E-state index in [4.69, 9.17) is 0 Å². The van der Waals surface area contributed by atoms with Crippen molar-refractivity contribution < 1.29 is 0 Å². The van der Waals surface area contributed by atoms with Gasteiger partial charge >= 0.3 is 0 Å². The van der Waals surface area contributed by atoms with Crippen LogP contribution in [0.1, 0.15) is 0 Å². The third-order valence-electron chi connectivity index (χ3n) is 1.04. The maximum absolute atomic E-state index is 3.42. The predicted octanol–water partition coefficient (Wildman–Crippen LogP) is 0.621. The van der Waals surface area contributed by atoms with Crippen LogP contribution in [0.5, 0.6) is 0 Å². The van der Waals surface area contributed by atoms with Gasteiger partial charge in [-0.25, -0.2) is 0 Å². The SMILES string of the molecule is BrC1CNC(Br)CN1. The number of rotatable bonds is 0. The van der Waals surface area contributed by atoms with Gasteiger partial charge in [-0.2, -0.15) is 0 Å². The Morgan fingerprint density at radius 2 is 1.38 bits per heavy atom. The molecule has 2 N–H and O–H groups in total. The maximum atomic E-state index is 3.42. The van der Waals surface area contributed by atoms with Crippen molar-refractivity contribution in [3.05, 3.63) is 0 Å².